The SMILES string of the molecule is COc1ccc(/C=C(\OS(=O)(=O)c2ccc(C)cc2)C(=O)C(F)F)cc1. The molecule has 0 spiro atoms. The molecule has 0 radical (unpaired) electrons. The van der Waals surface area contributed by atoms with Crippen LogP contribution in [0.2, 0.25) is 0 Å². The van der Waals surface area contributed by atoms with Crippen molar-refractivity contribution in [3.05, 3.63) is 65.4 Å². The Kier molecular flexibility index (Phi) is 6.10. The summed E-state index contributed by atoms with van der Waals surface area (Å²) in [7, 11) is -2.98. The number of hydrogen-bond donors (Lipinski definition) is 0. The zero-order chi connectivity index (χ0) is 19.3. The van der Waals surface area contributed by atoms with Gasteiger partial charge in [0.25, 0.3) is 5.78 Å². The molecule has 0 heterocycles. The number of alkyl halides is 2. The van der Waals surface area contributed by atoms with E-state index in [1.807, 2.05) is 0 Å². The van der Waals surface area contributed by atoms with Crippen molar-refractivity contribution < 1.29 is 30.9 Å². The van der Waals surface area contributed by atoms with Crippen molar-refractivity contribution in [3.8, 4) is 5.75 Å². The summed E-state index contributed by atoms with van der Waals surface area (Å²) < 4.78 is 60.0. The van der Waals surface area contributed by atoms with Crippen LogP contribution < -0.4 is 4.74 Å². The third kappa shape index (κ3) is 4.89. The Bertz CT molecular complexity index is 902. The lowest BCUT2D eigenvalue weighted by Gasteiger charge is -2.10. The number of ether oxygens (including phenoxy) is 1. The van der Waals surface area contributed by atoms with E-state index >= 15 is 0 Å². The van der Waals surface area contributed by atoms with Crippen molar-refractivity contribution in [3.63, 3.8) is 0 Å². The maximum Gasteiger partial charge on any atom is 0.339 e. The van der Waals surface area contributed by atoms with Crippen LogP contribution in [0.4, 0.5) is 8.78 Å². The molecule has 0 aliphatic carbocycles. The molecule has 5 nitrogen and oxygen atoms in total. The summed E-state index contributed by atoms with van der Waals surface area (Å²) in [5, 5.41) is 0. The Morgan fingerprint density at radius 2 is 1.62 bits per heavy atom. The molecule has 2 aromatic carbocycles. The van der Waals surface area contributed by atoms with Crippen LogP contribution in [-0.4, -0.2) is 27.7 Å². The number of carbonyl (C=O) groups excluding carboxylic acids is 1. The summed E-state index contributed by atoms with van der Waals surface area (Å²) in [6, 6.07) is 11.6. The number of carbonyl (C=O) groups is 1. The molecule has 0 aliphatic rings. The molecule has 2 aromatic rings. The van der Waals surface area contributed by atoms with E-state index in [1.54, 1.807) is 6.92 Å². The Hall–Kier alpha value is -2.74. The monoisotopic (exact) mass is 382 g/mol. The van der Waals surface area contributed by atoms with E-state index < -0.39 is 28.1 Å². The Balaban J connectivity index is 2.39. The highest BCUT2D eigenvalue weighted by atomic mass is 32.2. The van der Waals surface area contributed by atoms with Gasteiger partial charge in [-0.25, -0.2) is 8.78 Å². The van der Waals surface area contributed by atoms with Gasteiger partial charge in [-0.15, -0.1) is 0 Å². The molecule has 0 amide bonds. The van der Waals surface area contributed by atoms with Gasteiger partial charge in [-0.05, 0) is 42.8 Å². The van der Waals surface area contributed by atoms with Gasteiger partial charge in [0.15, 0.2) is 5.76 Å². The first-order valence-electron chi connectivity index (χ1n) is 7.42. The second-order valence-electron chi connectivity index (χ2n) is 5.30. The van der Waals surface area contributed by atoms with Gasteiger partial charge in [0.05, 0.1) is 7.11 Å². The molecule has 138 valence electrons. The number of hydrogen-bond acceptors (Lipinski definition) is 5. The molecule has 26 heavy (non-hydrogen) atoms. The lowest BCUT2D eigenvalue weighted by atomic mass is 10.1. The van der Waals surface area contributed by atoms with E-state index in [4.69, 9.17) is 8.92 Å². The van der Waals surface area contributed by atoms with Gasteiger partial charge < -0.3 is 8.92 Å². The highest BCUT2D eigenvalue weighted by molar-refractivity contribution is 7.86. The molecule has 0 atom stereocenters. The van der Waals surface area contributed by atoms with Crippen molar-refractivity contribution in [1.29, 1.82) is 0 Å². The molecule has 0 saturated heterocycles. The lowest BCUT2D eigenvalue weighted by molar-refractivity contribution is -0.127. The number of methoxy groups -OCH3 is 1. The average molecular weight is 382 g/mol. The molecule has 0 bridgehead atoms. The average Bonchev–Trinajstić information content (AvgIpc) is 2.61. The summed E-state index contributed by atoms with van der Waals surface area (Å²) in [4.78, 5) is 11.5. The highest BCUT2D eigenvalue weighted by Crippen LogP contribution is 2.22. The number of ketones is 1. The van der Waals surface area contributed by atoms with Gasteiger partial charge >= 0.3 is 16.5 Å². The largest absolute Gasteiger partial charge is 0.497 e. The number of aryl methyl sites for hydroxylation is 1. The van der Waals surface area contributed by atoms with Crippen LogP contribution in [0.3, 0.4) is 0 Å². The van der Waals surface area contributed by atoms with Crippen LogP contribution in [0.5, 0.6) is 5.75 Å². The topological polar surface area (TPSA) is 69.7 Å². The van der Waals surface area contributed by atoms with Crippen LogP contribution in [0.25, 0.3) is 6.08 Å². The van der Waals surface area contributed by atoms with Crippen molar-refractivity contribution in [2.45, 2.75) is 18.2 Å². The fourth-order valence-corrected chi connectivity index (χ4v) is 2.90. The summed E-state index contributed by atoms with van der Waals surface area (Å²) in [6.07, 6.45) is -2.47. The zero-order valence-corrected chi connectivity index (χ0v) is 14.8. The normalized spacial score (nSPS) is 12.1. The van der Waals surface area contributed by atoms with Gasteiger partial charge in [0, 0.05) is 0 Å². The molecule has 0 fully saturated rings. The number of Topliss-reactive ketones (excluding diaryl/α,β-unsaturated/α-hetero) is 1. The van der Waals surface area contributed by atoms with Gasteiger partial charge in [-0.3, -0.25) is 4.79 Å². The molecular weight excluding hydrogens is 366 g/mol. The van der Waals surface area contributed by atoms with Crippen molar-refractivity contribution in [1.82, 2.24) is 0 Å². The maximum absolute atomic E-state index is 12.8. The van der Waals surface area contributed by atoms with Crippen molar-refractivity contribution in [2.75, 3.05) is 7.11 Å². The molecule has 2 rings (SSSR count). The van der Waals surface area contributed by atoms with Crippen LogP contribution >= 0.6 is 0 Å². The van der Waals surface area contributed by atoms with Crippen LogP contribution in [-0.2, 0) is 19.1 Å². The molecule has 0 N–H and O–H groups in total. The Morgan fingerprint density at radius 1 is 1.04 bits per heavy atom. The third-order valence-electron chi connectivity index (χ3n) is 3.36. The van der Waals surface area contributed by atoms with E-state index in [-0.39, 0.29) is 4.90 Å². The lowest BCUT2D eigenvalue weighted by Crippen LogP contribution is -2.18. The Labute approximate surface area is 150 Å². The first-order chi connectivity index (χ1) is 12.2. The minimum absolute atomic E-state index is 0.245. The van der Waals surface area contributed by atoms with E-state index in [2.05, 4.69) is 0 Å². The van der Waals surface area contributed by atoms with E-state index in [0.717, 1.165) is 11.6 Å². The van der Waals surface area contributed by atoms with Gasteiger partial charge in [0.1, 0.15) is 10.6 Å². The summed E-state index contributed by atoms with van der Waals surface area (Å²) in [5.41, 5.74) is 1.11. The molecular formula is C18H16F2O5S. The number of allylic oxidation sites excluding steroid dienone is 1. The summed E-state index contributed by atoms with van der Waals surface area (Å²) in [6.45, 7) is 1.76. The number of rotatable bonds is 7. The Morgan fingerprint density at radius 3 is 2.12 bits per heavy atom. The van der Waals surface area contributed by atoms with Gasteiger partial charge in [-0.2, -0.15) is 8.42 Å². The number of halogens is 2. The minimum Gasteiger partial charge on any atom is -0.497 e. The molecule has 8 heteroatoms. The highest BCUT2D eigenvalue weighted by Gasteiger charge is 2.28. The van der Waals surface area contributed by atoms with Crippen LogP contribution in [0.15, 0.2) is 59.2 Å². The predicted molar refractivity (Wildman–Crippen MR) is 91.4 cm³/mol. The maximum atomic E-state index is 12.8. The summed E-state index contributed by atoms with van der Waals surface area (Å²) in [5.74, 6) is -2.18. The quantitative estimate of drug-likeness (QED) is 0.416. The second-order valence-corrected chi connectivity index (χ2v) is 6.84. The van der Waals surface area contributed by atoms with Crippen LogP contribution in [0.1, 0.15) is 11.1 Å². The van der Waals surface area contributed by atoms with E-state index in [9.17, 15) is 22.0 Å². The fraction of sp³-hybridized carbons (Fsp3) is 0.167. The second kappa shape index (κ2) is 8.09. The fourth-order valence-electron chi connectivity index (χ4n) is 1.97. The zero-order valence-electron chi connectivity index (χ0n) is 14.0. The number of benzene rings is 2. The summed E-state index contributed by atoms with van der Waals surface area (Å²) >= 11 is 0. The standard InChI is InChI=1S/C18H16F2O5S/c1-12-3-9-15(10-4-12)26(22,23)25-16(17(21)18(19)20)11-13-5-7-14(24-2)8-6-13/h3-11,18H,1-2H3/b16-11-. The minimum atomic E-state index is -4.43. The first-order valence-corrected chi connectivity index (χ1v) is 8.83. The van der Waals surface area contributed by atoms with Crippen LogP contribution in [0, 0.1) is 6.92 Å². The van der Waals surface area contributed by atoms with Gasteiger partial charge in [-0.1, -0.05) is 29.8 Å². The molecule has 0 aromatic heterocycles. The predicted octanol–water partition coefficient (Wildman–Crippen LogP) is 3.58. The third-order valence-corrected chi connectivity index (χ3v) is 4.61. The van der Waals surface area contributed by atoms with E-state index in [0.29, 0.717) is 11.3 Å². The van der Waals surface area contributed by atoms with Crippen molar-refractivity contribution in [2.24, 2.45) is 0 Å². The first kappa shape index (κ1) is 19.6. The van der Waals surface area contributed by atoms with Gasteiger partial charge in [0.2, 0.25) is 0 Å². The molecule has 0 unspecified atom stereocenters. The smallest absolute Gasteiger partial charge is 0.339 e. The molecule has 0 aliphatic heterocycles. The molecule has 0 saturated carbocycles. The van der Waals surface area contributed by atoms with Crippen molar-refractivity contribution >= 4 is 22.0 Å². The van der Waals surface area contributed by atoms with E-state index in [1.165, 1.54) is 55.6 Å².